The molecule has 96 valence electrons. The standard InChI is InChI=1S/C14H17NO2S/c16-14-6-11(9-18)8-15(14)7-10-1-2-13-12(5-10)3-4-17-13/h1-2,5,11,18H,3-4,6-9H2. The molecule has 2 aliphatic heterocycles. The van der Waals surface area contributed by atoms with E-state index in [0.29, 0.717) is 12.3 Å². The van der Waals surface area contributed by atoms with E-state index in [9.17, 15) is 4.79 Å². The zero-order valence-electron chi connectivity index (χ0n) is 10.3. The van der Waals surface area contributed by atoms with Crippen LogP contribution < -0.4 is 4.74 Å². The fourth-order valence-electron chi connectivity index (χ4n) is 2.69. The summed E-state index contributed by atoms with van der Waals surface area (Å²) in [5.74, 6) is 2.46. The smallest absolute Gasteiger partial charge is 0.223 e. The fraction of sp³-hybridized carbons (Fsp3) is 0.500. The number of carbonyl (C=O) groups is 1. The lowest BCUT2D eigenvalue weighted by atomic mass is 10.1. The van der Waals surface area contributed by atoms with Gasteiger partial charge in [0.05, 0.1) is 6.61 Å². The second-order valence-electron chi connectivity index (χ2n) is 5.07. The summed E-state index contributed by atoms with van der Waals surface area (Å²) >= 11 is 4.28. The highest BCUT2D eigenvalue weighted by Crippen LogP contribution is 2.27. The van der Waals surface area contributed by atoms with Crippen molar-refractivity contribution in [3.05, 3.63) is 29.3 Å². The Hall–Kier alpha value is -1.16. The molecule has 0 N–H and O–H groups in total. The third kappa shape index (κ3) is 2.21. The molecule has 1 amide bonds. The van der Waals surface area contributed by atoms with E-state index in [1.165, 1.54) is 11.1 Å². The minimum Gasteiger partial charge on any atom is -0.493 e. The van der Waals surface area contributed by atoms with Gasteiger partial charge in [-0.1, -0.05) is 12.1 Å². The second kappa shape index (κ2) is 4.84. The molecule has 0 aromatic heterocycles. The molecule has 1 unspecified atom stereocenters. The quantitative estimate of drug-likeness (QED) is 0.844. The van der Waals surface area contributed by atoms with Gasteiger partial charge in [0, 0.05) is 25.9 Å². The van der Waals surface area contributed by atoms with E-state index in [0.717, 1.165) is 37.6 Å². The van der Waals surface area contributed by atoms with Gasteiger partial charge < -0.3 is 9.64 Å². The molecular weight excluding hydrogens is 246 g/mol. The van der Waals surface area contributed by atoms with Crippen molar-refractivity contribution in [2.24, 2.45) is 5.92 Å². The molecule has 0 bridgehead atoms. The Morgan fingerprint density at radius 1 is 1.44 bits per heavy atom. The van der Waals surface area contributed by atoms with Crippen LogP contribution in [0.1, 0.15) is 17.5 Å². The van der Waals surface area contributed by atoms with Gasteiger partial charge >= 0.3 is 0 Å². The molecule has 1 atom stereocenters. The fourth-order valence-corrected chi connectivity index (χ4v) is 2.93. The van der Waals surface area contributed by atoms with Gasteiger partial charge in [0.1, 0.15) is 5.75 Å². The number of nitrogens with zero attached hydrogens (tertiary/aromatic N) is 1. The molecule has 18 heavy (non-hydrogen) atoms. The van der Waals surface area contributed by atoms with Crippen molar-refractivity contribution in [2.45, 2.75) is 19.4 Å². The Kier molecular flexibility index (Phi) is 3.20. The number of amides is 1. The lowest BCUT2D eigenvalue weighted by Gasteiger charge is -2.16. The van der Waals surface area contributed by atoms with Gasteiger partial charge in [-0.25, -0.2) is 0 Å². The van der Waals surface area contributed by atoms with Gasteiger partial charge in [-0.3, -0.25) is 4.79 Å². The van der Waals surface area contributed by atoms with E-state index in [-0.39, 0.29) is 5.91 Å². The average molecular weight is 263 g/mol. The molecule has 3 rings (SSSR count). The van der Waals surface area contributed by atoms with Gasteiger partial charge in [0.25, 0.3) is 0 Å². The molecule has 4 heteroatoms. The number of ether oxygens (including phenoxy) is 1. The second-order valence-corrected chi connectivity index (χ2v) is 5.43. The molecule has 0 aliphatic carbocycles. The van der Waals surface area contributed by atoms with Crippen molar-refractivity contribution < 1.29 is 9.53 Å². The van der Waals surface area contributed by atoms with Crippen LogP contribution in [-0.4, -0.2) is 29.7 Å². The van der Waals surface area contributed by atoms with Crippen molar-refractivity contribution >= 4 is 18.5 Å². The van der Waals surface area contributed by atoms with E-state index in [4.69, 9.17) is 4.74 Å². The molecule has 1 fully saturated rings. The van der Waals surface area contributed by atoms with Crippen LogP contribution in [0.2, 0.25) is 0 Å². The highest BCUT2D eigenvalue weighted by atomic mass is 32.1. The Labute approximate surface area is 113 Å². The first-order valence-electron chi connectivity index (χ1n) is 6.39. The third-order valence-electron chi connectivity index (χ3n) is 3.68. The maximum Gasteiger partial charge on any atom is 0.223 e. The lowest BCUT2D eigenvalue weighted by Crippen LogP contribution is -2.24. The summed E-state index contributed by atoms with van der Waals surface area (Å²) < 4.78 is 5.49. The summed E-state index contributed by atoms with van der Waals surface area (Å²) in [6.07, 6.45) is 1.63. The minimum absolute atomic E-state index is 0.255. The molecule has 0 saturated carbocycles. The topological polar surface area (TPSA) is 29.5 Å². The van der Waals surface area contributed by atoms with Gasteiger partial charge in [0.15, 0.2) is 0 Å². The van der Waals surface area contributed by atoms with Crippen LogP contribution in [0.5, 0.6) is 5.75 Å². The predicted octanol–water partition coefficient (Wildman–Crippen LogP) is 1.90. The maximum absolute atomic E-state index is 11.8. The summed E-state index contributed by atoms with van der Waals surface area (Å²) in [6.45, 7) is 2.34. The summed E-state index contributed by atoms with van der Waals surface area (Å²) in [5.41, 5.74) is 2.47. The number of benzene rings is 1. The van der Waals surface area contributed by atoms with Crippen LogP contribution in [0.3, 0.4) is 0 Å². The molecule has 1 aromatic carbocycles. The van der Waals surface area contributed by atoms with Crippen molar-refractivity contribution in [3.8, 4) is 5.75 Å². The Balaban J connectivity index is 1.71. The molecule has 0 radical (unpaired) electrons. The molecular formula is C14H17NO2S. The summed E-state index contributed by atoms with van der Waals surface area (Å²) in [7, 11) is 0. The first kappa shape index (κ1) is 11.9. The van der Waals surface area contributed by atoms with Crippen LogP contribution in [0.25, 0.3) is 0 Å². The number of thiol groups is 1. The average Bonchev–Trinajstić information content (AvgIpc) is 2.96. The minimum atomic E-state index is 0.255. The Morgan fingerprint density at radius 3 is 3.11 bits per heavy atom. The Morgan fingerprint density at radius 2 is 2.33 bits per heavy atom. The van der Waals surface area contributed by atoms with Gasteiger partial charge in [-0.2, -0.15) is 12.6 Å². The first-order valence-corrected chi connectivity index (χ1v) is 7.03. The molecule has 2 heterocycles. The zero-order chi connectivity index (χ0) is 12.5. The molecule has 1 aromatic rings. The van der Waals surface area contributed by atoms with Gasteiger partial charge in [-0.05, 0) is 28.9 Å². The van der Waals surface area contributed by atoms with Crippen molar-refractivity contribution in [1.29, 1.82) is 0 Å². The molecule has 3 nitrogen and oxygen atoms in total. The highest BCUT2D eigenvalue weighted by molar-refractivity contribution is 7.80. The van der Waals surface area contributed by atoms with Crippen molar-refractivity contribution in [2.75, 3.05) is 18.9 Å². The van der Waals surface area contributed by atoms with Crippen molar-refractivity contribution in [3.63, 3.8) is 0 Å². The zero-order valence-corrected chi connectivity index (χ0v) is 11.2. The summed E-state index contributed by atoms with van der Waals surface area (Å²) in [6, 6.07) is 6.25. The number of fused-ring (bicyclic) bond motifs is 1. The normalized spacial score (nSPS) is 22.2. The molecule has 1 saturated heterocycles. The van der Waals surface area contributed by atoms with E-state index in [1.54, 1.807) is 0 Å². The van der Waals surface area contributed by atoms with E-state index < -0.39 is 0 Å². The monoisotopic (exact) mass is 263 g/mol. The summed E-state index contributed by atoms with van der Waals surface area (Å²) in [5, 5.41) is 0. The van der Waals surface area contributed by atoms with Crippen LogP contribution in [0.15, 0.2) is 18.2 Å². The molecule has 2 aliphatic rings. The third-order valence-corrected chi connectivity index (χ3v) is 4.20. The lowest BCUT2D eigenvalue weighted by molar-refractivity contribution is -0.128. The van der Waals surface area contributed by atoms with Crippen LogP contribution in [0.4, 0.5) is 0 Å². The van der Waals surface area contributed by atoms with Crippen molar-refractivity contribution in [1.82, 2.24) is 4.90 Å². The first-order chi connectivity index (χ1) is 8.76. The van der Waals surface area contributed by atoms with Crippen LogP contribution in [0, 0.1) is 5.92 Å². The van der Waals surface area contributed by atoms with Gasteiger partial charge in [0.2, 0.25) is 5.91 Å². The largest absolute Gasteiger partial charge is 0.493 e. The van der Waals surface area contributed by atoms with E-state index >= 15 is 0 Å². The molecule has 0 spiro atoms. The number of hydrogen-bond acceptors (Lipinski definition) is 3. The number of likely N-dealkylation sites (tertiary alicyclic amines) is 1. The van der Waals surface area contributed by atoms with Crippen LogP contribution >= 0.6 is 12.6 Å². The highest BCUT2D eigenvalue weighted by Gasteiger charge is 2.28. The van der Waals surface area contributed by atoms with Crippen LogP contribution in [-0.2, 0) is 17.8 Å². The number of carbonyl (C=O) groups excluding carboxylic acids is 1. The van der Waals surface area contributed by atoms with E-state index in [1.807, 2.05) is 11.0 Å². The SMILES string of the molecule is O=C1CC(CS)CN1Cc1ccc2c(c1)CCO2. The number of hydrogen-bond donors (Lipinski definition) is 1. The number of rotatable bonds is 3. The summed E-state index contributed by atoms with van der Waals surface area (Å²) in [4.78, 5) is 13.8. The maximum atomic E-state index is 11.8. The van der Waals surface area contributed by atoms with E-state index in [2.05, 4.69) is 24.8 Å². The van der Waals surface area contributed by atoms with Gasteiger partial charge in [-0.15, -0.1) is 0 Å². The predicted molar refractivity (Wildman–Crippen MR) is 73.0 cm³/mol. The Bertz CT molecular complexity index is 475.